The molecule has 2 saturated heterocycles. The van der Waals surface area contributed by atoms with Gasteiger partial charge in [-0.05, 0) is 61.8 Å². The van der Waals surface area contributed by atoms with Gasteiger partial charge < -0.3 is 4.90 Å². The standard InChI is InChI=1S/C32H32N4O2S2/c1-21-26(19-28-31(38)36(32(39)40-28)22(2)25-12-8-5-9-13-25)29(34(3)30(37)27(21)20-33)35-16-14-24(15-17-35)18-23-10-6-4-7-11-23/h4-13,19,22,24H,14-18H2,1-3H3/b28-19-. The molecule has 0 saturated carbocycles. The molecular weight excluding hydrogens is 537 g/mol. The molecule has 0 bridgehead atoms. The van der Waals surface area contributed by atoms with Crippen LogP contribution in [0.25, 0.3) is 6.08 Å². The maximum Gasteiger partial charge on any atom is 0.270 e. The molecule has 1 unspecified atom stereocenters. The molecule has 3 heterocycles. The van der Waals surface area contributed by atoms with Crippen molar-refractivity contribution in [3.05, 3.63) is 104 Å². The van der Waals surface area contributed by atoms with Crippen LogP contribution < -0.4 is 10.5 Å². The van der Waals surface area contributed by atoms with Gasteiger partial charge in [0.2, 0.25) is 0 Å². The Hall–Kier alpha value is -3.67. The summed E-state index contributed by atoms with van der Waals surface area (Å²) in [6.45, 7) is 5.36. The fourth-order valence-corrected chi connectivity index (χ4v) is 7.12. The van der Waals surface area contributed by atoms with Gasteiger partial charge in [-0.25, -0.2) is 0 Å². The summed E-state index contributed by atoms with van der Waals surface area (Å²) in [5.41, 5.74) is 3.45. The highest BCUT2D eigenvalue weighted by Gasteiger charge is 2.37. The Labute approximate surface area is 244 Å². The number of piperidine rings is 1. The lowest BCUT2D eigenvalue weighted by molar-refractivity contribution is -0.123. The van der Waals surface area contributed by atoms with Crippen molar-refractivity contribution in [2.45, 2.75) is 39.2 Å². The minimum Gasteiger partial charge on any atom is -0.357 e. The maximum atomic E-state index is 13.7. The first-order chi connectivity index (χ1) is 19.3. The molecule has 1 atom stereocenters. The van der Waals surface area contributed by atoms with Gasteiger partial charge in [0.1, 0.15) is 21.8 Å². The van der Waals surface area contributed by atoms with E-state index in [1.807, 2.05) is 49.4 Å². The molecule has 6 nitrogen and oxygen atoms in total. The second-order valence-electron chi connectivity index (χ2n) is 10.5. The Bertz CT molecular complexity index is 1570. The molecule has 2 aliphatic heterocycles. The van der Waals surface area contributed by atoms with Crippen LogP contribution in [0.5, 0.6) is 0 Å². The first kappa shape index (κ1) is 27.9. The first-order valence-corrected chi connectivity index (χ1v) is 14.8. The number of thioether (sulfide) groups is 1. The van der Waals surface area contributed by atoms with Gasteiger partial charge >= 0.3 is 0 Å². The number of benzene rings is 2. The van der Waals surface area contributed by atoms with Crippen LogP contribution in [0, 0.1) is 24.2 Å². The minimum atomic E-state index is -0.316. The molecule has 8 heteroatoms. The summed E-state index contributed by atoms with van der Waals surface area (Å²) in [4.78, 5) is 31.2. The molecule has 1 aromatic heterocycles. The summed E-state index contributed by atoms with van der Waals surface area (Å²) in [6.07, 6.45) is 4.86. The van der Waals surface area contributed by atoms with Crippen LogP contribution in [0.15, 0.2) is 70.4 Å². The second-order valence-corrected chi connectivity index (χ2v) is 12.1. The van der Waals surface area contributed by atoms with Crippen molar-refractivity contribution < 1.29 is 4.79 Å². The Morgan fingerprint density at radius 1 is 1.07 bits per heavy atom. The molecule has 0 spiro atoms. The fraction of sp³-hybridized carbons (Fsp3) is 0.312. The molecule has 3 aromatic rings. The number of nitrogens with zero attached hydrogens (tertiary/aromatic N) is 4. The quantitative estimate of drug-likeness (QED) is 0.269. The van der Waals surface area contributed by atoms with E-state index in [1.54, 1.807) is 23.4 Å². The predicted molar refractivity (Wildman–Crippen MR) is 166 cm³/mol. The number of carbonyl (C=O) groups excluding carboxylic acids is 1. The number of anilines is 1. The van der Waals surface area contributed by atoms with Gasteiger partial charge in [-0.2, -0.15) is 5.26 Å². The van der Waals surface area contributed by atoms with Gasteiger partial charge in [0, 0.05) is 25.7 Å². The van der Waals surface area contributed by atoms with Crippen LogP contribution in [0.2, 0.25) is 0 Å². The van der Waals surface area contributed by atoms with Crippen molar-refractivity contribution >= 4 is 46.1 Å². The minimum absolute atomic E-state index is 0.101. The molecule has 204 valence electrons. The van der Waals surface area contributed by atoms with E-state index < -0.39 is 0 Å². The number of aromatic nitrogens is 1. The molecule has 2 aromatic carbocycles. The molecule has 1 amide bonds. The van der Waals surface area contributed by atoms with Crippen molar-refractivity contribution in [2.24, 2.45) is 13.0 Å². The van der Waals surface area contributed by atoms with Crippen LogP contribution in [0.1, 0.15) is 53.6 Å². The number of amides is 1. The van der Waals surface area contributed by atoms with Gasteiger partial charge in [0.05, 0.1) is 10.9 Å². The summed E-state index contributed by atoms with van der Waals surface area (Å²) in [7, 11) is 1.72. The van der Waals surface area contributed by atoms with Gasteiger partial charge in [-0.15, -0.1) is 0 Å². The van der Waals surface area contributed by atoms with E-state index >= 15 is 0 Å². The lowest BCUT2D eigenvalue weighted by Crippen LogP contribution is -2.39. The summed E-state index contributed by atoms with van der Waals surface area (Å²) >= 11 is 6.92. The van der Waals surface area contributed by atoms with E-state index in [-0.39, 0.29) is 23.1 Å². The molecule has 2 aliphatic rings. The summed E-state index contributed by atoms with van der Waals surface area (Å²) < 4.78 is 2.07. The number of hydrogen-bond donors (Lipinski definition) is 0. The molecular formula is C32H32N4O2S2. The van der Waals surface area contributed by atoms with E-state index in [4.69, 9.17) is 12.2 Å². The highest BCUT2D eigenvalue weighted by Crippen LogP contribution is 2.40. The van der Waals surface area contributed by atoms with E-state index in [1.165, 1.54) is 17.3 Å². The average molecular weight is 569 g/mol. The average Bonchev–Trinajstić information content (AvgIpc) is 3.25. The van der Waals surface area contributed by atoms with Crippen molar-refractivity contribution in [1.82, 2.24) is 9.47 Å². The summed E-state index contributed by atoms with van der Waals surface area (Å²) in [5.74, 6) is 1.15. The van der Waals surface area contributed by atoms with E-state index in [0.717, 1.165) is 49.3 Å². The highest BCUT2D eigenvalue weighted by molar-refractivity contribution is 8.26. The Kier molecular flexibility index (Phi) is 8.24. The number of thiocarbonyl (C=S) groups is 1. The van der Waals surface area contributed by atoms with Gasteiger partial charge in [-0.3, -0.25) is 19.1 Å². The molecule has 40 heavy (non-hydrogen) atoms. The Morgan fingerprint density at radius 3 is 2.33 bits per heavy atom. The monoisotopic (exact) mass is 568 g/mol. The van der Waals surface area contributed by atoms with Crippen molar-refractivity contribution in [3.8, 4) is 6.07 Å². The molecule has 0 aliphatic carbocycles. The lowest BCUT2D eigenvalue weighted by atomic mass is 9.90. The van der Waals surface area contributed by atoms with Crippen molar-refractivity contribution in [3.63, 3.8) is 0 Å². The topological polar surface area (TPSA) is 69.3 Å². The third-order valence-electron chi connectivity index (χ3n) is 8.02. The summed E-state index contributed by atoms with van der Waals surface area (Å²) in [6, 6.07) is 22.3. The fourth-order valence-electron chi connectivity index (χ4n) is 5.72. The zero-order valence-electron chi connectivity index (χ0n) is 23.0. The molecule has 0 N–H and O–H groups in total. The second kappa shape index (κ2) is 11.8. The maximum absolute atomic E-state index is 13.7. The van der Waals surface area contributed by atoms with Crippen LogP contribution >= 0.6 is 24.0 Å². The molecule has 2 fully saturated rings. The normalized spacial score (nSPS) is 17.9. The van der Waals surface area contributed by atoms with Crippen LogP contribution in [0.4, 0.5) is 5.82 Å². The number of rotatable bonds is 6. The number of pyridine rings is 1. The zero-order valence-corrected chi connectivity index (χ0v) is 24.6. The zero-order chi connectivity index (χ0) is 28.4. The molecule has 5 rings (SSSR count). The number of nitriles is 1. The van der Waals surface area contributed by atoms with Crippen molar-refractivity contribution in [1.29, 1.82) is 5.26 Å². The highest BCUT2D eigenvalue weighted by atomic mass is 32.2. The predicted octanol–water partition coefficient (Wildman–Crippen LogP) is 5.99. The lowest BCUT2D eigenvalue weighted by Gasteiger charge is -2.36. The van der Waals surface area contributed by atoms with E-state index in [9.17, 15) is 14.9 Å². The van der Waals surface area contributed by atoms with Gasteiger partial charge in [0.15, 0.2) is 0 Å². The first-order valence-electron chi connectivity index (χ1n) is 13.5. The van der Waals surface area contributed by atoms with Crippen molar-refractivity contribution in [2.75, 3.05) is 18.0 Å². The van der Waals surface area contributed by atoms with Crippen LogP contribution in [0.3, 0.4) is 0 Å². The Morgan fingerprint density at radius 2 is 1.70 bits per heavy atom. The number of carbonyl (C=O) groups is 1. The van der Waals surface area contributed by atoms with E-state index in [0.29, 0.717) is 20.7 Å². The third-order valence-corrected chi connectivity index (χ3v) is 9.35. The third kappa shape index (κ3) is 5.36. The van der Waals surface area contributed by atoms with Gasteiger partial charge in [-0.1, -0.05) is 84.6 Å². The number of hydrogen-bond acceptors (Lipinski definition) is 6. The Balaban J connectivity index is 1.47. The largest absolute Gasteiger partial charge is 0.357 e. The smallest absolute Gasteiger partial charge is 0.270 e. The van der Waals surface area contributed by atoms with Gasteiger partial charge in [0.25, 0.3) is 11.5 Å². The molecule has 0 radical (unpaired) electrons. The van der Waals surface area contributed by atoms with Crippen LogP contribution in [-0.2, 0) is 18.3 Å². The SMILES string of the molecule is Cc1c(/C=C2\SC(=S)N(C(C)c3ccccc3)C2=O)c(N2CCC(Cc3ccccc3)CC2)n(C)c(=O)c1C#N. The van der Waals surface area contributed by atoms with Crippen LogP contribution in [-0.4, -0.2) is 32.8 Å². The summed E-state index contributed by atoms with van der Waals surface area (Å²) in [5, 5.41) is 9.82. The van der Waals surface area contributed by atoms with E-state index in [2.05, 4.69) is 35.2 Å².